The van der Waals surface area contributed by atoms with E-state index in [9.17, 15) is 9.18 Å². The number of carbonyl (C=O) groups is 1. The first-order valence-electron chi connectivity index (χ1n) is 4.98. The molecular weight excluding hydrogens is 209 g/mol. The molecule has 1 aromatic rings. The third-order valence-corrected chi connectivity index (χ3v) is 2.32. The molecule has 1 amide bonds. The molecule has 0 heterocycles. The van der Waals surface area contributed by atoms with Gasteiger partial charge < -0.3 is 16.0 Å². The van der Waals surface area contributed by atoms with Crippen molar-refractivity contribution in [1.82, 2.24) is 5.32 Å². The van der Waals surface area contributed by atoms with Crippen LogP contribution in [0.15, 0.2) is 18.2 Å². The summed E-state index contributed by atoms with van der Waals surface area (Å²) in [5.41, 5.74) is 6.52. The highest BCUT2D eigenvalue weighted by Gasteiger charge is 2.10. The van der Waals surface area contributed by atoms with Gasteiger partial charge >= 0.3 is 0 Å². The van der Waals surface area contributed by atoms with E-state index in [0.29, 0.717) is 12.2 Å². The Morgan fingerprint density at radius 1 is 1.56 bits per heavy atom. The summed E-state index contributed by atoms with van der Waals surface area (Å²) in [4.78, 5) is 12.7. The van der Waals surface area contributed by atoms with Gasteiger partial charge in [-0.25, -0.2) is 4.39 Å². The minimum absolute atomic E-state index is 0.120. The van der Waals surface area contributed by atoms with Crippen molar-refractivity contribution in [3.8, 4) is 0 Å². The Labute approximate surface area is 94.2 Å². The van der Waals surface area contributed by atoms with Crippen molar-refractivity contribution in [1.29, 1.82) is 0 Å². The zero-order valence-electron chi connectivity index (χ0n) is 9.46. The second-order valence-corrected chi connectivity index (χ2v) is 3.52. The molecule has 0 radical (unpaired) electrons. The minimum Gasteiger partial charge on any atom is -0.363 e. The first kappa shape index (κ1) is 12.4. The summed E-state index contributed by atoms with van der Waals surface area (Å²) in [5.74, 6) is -0.529. The van der Waals surface area contributed by atoms with E-state index >= 15 is 0 Å². The lowest BCUT2D eigenvalue weighted by atomic mass is 10.2. The quantitative estimate of drug-likeness (QED) is 0.783. The van der Waals surface area contributed by atoms with E-state index in [-0.39, 0.29) is 18.3 Å². The first-order valence-corrected chi connectivity index (χ1v) is 4.98. The van der Waals surface area contributed by atoms with Gasteiger partial charge in [0.1, 0.15) is 5.82 Å². The monoisotopic (exact) mass is 225 g/mol. The molecule has 1 aromatic carbocycles. The van der Waals surface area contributed by atoms with Crippen molar-refractivity contribution >= 4 is 11.6 Å². The van der Waals surface area contributed by atoms with Crippen LogP contribution in [0.5, 0.6) is 0 Å². The first-order chi connectivity index (χ1) is 7.58. The molecule has 0 aliphatic carbocycles. The average Bonchev–Trinajstić information content (AvgIpc) is 2.28. The fraction of sp³-hybridized carbons (Fsp3) is 0.364. The molecule has 3 N–H and O–H groups in total. The third kappa shape index (κ3) is 2.93. The molecule has 0 bridgehead atoms. The van der Waals surface area contributed by atoms with Crippen LogP contribution in [-0.4, -0.2) is 26.5 Å². The molecule has 0 atom stereocenters. The van der Waals surface area contributed by atoms with Gasteiger partial charge in [0.15, 0.2) is 0 Å². The van der Waals surface area contributed by atoms with Crippen LogP contribution in [0.2, 0.25) is 0 Å². The number of nitrogens with one attached hydrogen (secondary N) is 1. The van der Waals surface area contributed by atoms with E-state index in [4.69, 9.17) is 5.73 Å². The lowest BCUT2D eigenvalue weighted by Crippen LogP contribution is -2.33. The molecule has 4 nitrogen and oxygen atoms in total. The van der Waals surface area contributed by atoms with Crippen molar-refractivity contribution in [3.05, 3.63) is 29.6 Å². The van der Waals surface area contributed by atoms with Gasteiger partial charge in [-0.05, 0) is 17.7 Å². The smallest absolute Gasteiger partial charge is 0.239 e. The number of anilines is 1. The predicted molar refractivity (Wildman–Crippen MR) is 61.6 cm³/mol. The lowest BCUT2D eigenvalue weighted by Gasteiger charge is -2.19. The molecule has 0 unspecified atom stereocenters. The van der Waals surface area contributed by atoms with Crippen molar-refractivity contribution < 1.29 is 9.18 Å². The maximum atomic E-state index is 13.6. The zero-order chi connectivity index (χ0) is 12.1. The van der Waals surface area contributed by atoms with Crippen LogP contribution in [0.3, 0.4) is 0 Å². The number of benzene rings is 1. The van der Waals surface area contributed by atoms with Crippen LogP contribution in [0.25, 0.3) is 0 Å². The van der Waals surface area contributed by atoms with E-state index in [1.807, 2.05) is 0 Å². The topological polar surface area (TPSA) is 58.4 Å². The van der Waals surface area contributed by atoms with Crippen LogP contribution in [0, 0.1) is 5.82 Å². The highest BCUT2D eigenvalue weighted by Crippen LogP contribution is 2.18. The van der Waals surface area contributed by atoms with Crippen LogP contribution >= 0.6 is 0 Å². The maximum absolute atomic E-state index is 13.6. The van der Waals surface area contributed by atoms with Crippen molar-refractivity contribution in [3.63, 3.8) is 0 Å². The standard InChI is InChI=1S/C11H16FN3O/c1-14-11(16)7-15(2)10-4-3-8(6-13)5-9(10)12/h3-5H,6-7,13H2,1-2H3,(H,14,16). The molecule has 0 saturated carbocycles. The van der Waals surface area contributed by atoms with E-state index in [0.717, 1.165) is 5.56 Å². The molecule has 0 saturated heterocycles. The summed E-state index contributed by atoms with van der Waals surface area (Å²) in [6.45, 7) is 0.422. The summed E-state index contributed by atoms with van der Waals surface area (Å²) in [6, 6.07) is 4.76. The maximum Gasteiger partial charge on any atom is 0.239 e. The van der Waals surface area contributed by atoms with Crippen LogP contribution < -0.4 is 16.0 Å². The Morgan fingerprint density at radius 3 is 2.75 bits per heavy atom. The highest BCUT2D eigenvalue weighted by molar-refractivity contribution is 5.80. The Bertz CT molecular complexity index is 381. The molecule has 88 valence electrons. The Morgan fingerprint density at radius 2 is 2.25 bits per heavy atom. The molecule has 1 rings (SSSR count). The summed E-state index contributed by atoms with van der Waals surface area (Å²) < 4.78 is 13.6. The third-order valence-electron chi connectivity index (χ3n) is 2.32. The van der Waals surface area contributed by atoms with Crippen LogP contribution in [-0.2, 0) is 11.3 Å². The van der Waals surface area contributed by atoms with E-state index in [2.05, 4.69) is 5.32 Å². The molecule has 0 aliphatic heterocycles. The molecule has 0 aromatic heterocycles. The number of likely N-dealkylation sites (N-methyl/N-ethyl adjacent to an activating group) is 2. The lowest BCUT2D eigenvalue weighted by molar-refractivity contribution is -0.119. The van der Waals surface area contributed by atoms with Crippen molar-refractivity contribution in [2.45, 2.75) is 6.54 Å². The van der Waals surface area contributed by atoms with Crippen molar-refractivity contribution in [2.24, 2.45) is 5.73 Å². The van der Waals surface area contributed by atoms with Gasteiger partial charge in [0.05, 0.1) is 12.2 Å². The van der Waals surface area contributed by atoms with E-state index in [1.165, 1.54) is 6.07 Å². The average molecular weight is 225 g/mol. The molecule has 5 heteroatoms. The minimum atomic E-state index is -0.366. The number of rotatable bonds is 4. The number of amides is 1. The summed E-state index contributed by atoms with van der Waals surface area (Å²) in [7, 11) is 3.21. The van der Waals surface area contributed by atoms with Gasteiger partial charge in [0.2, 0.25) is 5.91 Å². The fourth-order valence-corrected chi connectivity index (χ4v) is 1.37. The fourth-order valence-electron chi connectivity index (χ4n) is 1.37. The Kier molecular flexibility index (Phi) is 4.25. The molecule has 16 heavy (non-hydrogen) atoms. The van der Waals surface area contributed by atoms with Gasteiger partial charge in [-0.15, -0.1) is 0 Å². The van der Waals surface area contributed by atoms with E-state index < -0.39 is 0 Å². The largest absolute Gasteiger partial charge is 0.363 e. The van der Waals surface area contributed by atoms with Gasteiger partial charge in [-0.2, -0.15) is 0 Å². The Balaban J connectivity index is 2.83. The second-order valence-electron chi connectivity index (χ2n) is 3.52. The highest BCUT2D eigenvalue weighted by atomic mass is 19.1. The number of nitrogens with zero attached hydrogens (tertiary/aromatic N) is 1. The van der Waals surface area contributed by atoms with Gasteiger partial charge in [0.25, 0.3) is 0 Å². The molecular formula is C11H16FN3O. The SMILES string of the molecule is CNC(=O)CN(C)c1ccc(CN)cc1F. The molecule has 0 fully saturated rings. The second kappa shape index (κ2) is 5.46. The normalized spacial score (nSPS) is 10.0. The molecule has 0 spiro atoms. The number of halogens is 1. The summed E-state index contributed by atoms with van der Waals surface area (Å²) in [6.07, 6.45) is 0. The number of carbonyl (C=O) groups excluding carboxylic acids is 1. The number of hydrogen-bond donors (Lipinski definition) is 2. The zero-order valence-corrected chi connectivity index (χ0v) is 9.46. The van der Waals surface area contributed by atoms with Gasteiger partial charge in [-0.1, -0.05) is 6.07 Å². The Hall–Kier alpha value is -1.62. The van der Waals surface area contributed by atoms with Crippen LogP contribution in [0.4, 0.5) is 10.1 Å². The van der Waals surface area contributed by atoms with Gasteiger partial charge in [-0.3, -0.25) is 4.79 Å². The van der Waals surface area contributed by atoms with E-state index in [1.54, 1.807) is 31.1 Å². The summed E-state index contributed by atoms with van der Waals surface area (Å²) in [5, 5.41) is 2.48. The summed E-state index contributed by atoms with van der Waals surface area (Å²) >= 11 is 0. The number of hydrogen-bond acceptors (Lipinski definition) is 3. The van der Waals surface area contributed by atoms with Crippen LogP contribution in [0.1, 0.15) is 5.56 Å². The predicted octanol–water partition coefficient (Wildman–Crippen LogP) is 0.467. The number of nitrogens with two attached hydrogens (primary N) is 1. The molecule has 0 aliphatic rings. The van der Waals surface area contributed by atoms with Crippen molar-refractivity contribution in [2.75, 3.05) is 25.5 Å². The van der Waals surface area contributed by atoms with Gasteiger partial charge in [0, 0.05) is 20.6 Å².